The summed E-state index contributed by atoms with van der Waals surface area (Å²) in [6, 6.07) is 14.2. The third kappa shape index (κ3) is 12.5. The Hall–Kier alpha value is -0.780. The van der Waals surface area contributed by atoms with Crippen molar-refractivity contribution < 1.29 is 19.8 Å². The highest BCUT2D eigenvalue weighted by Gasteiger charge is 2.15. The number of aliphatic carboxylic acids is 1. The van der Waals surface area contributed by atoms with Crippen molar-refractivity contribution in [3.8, 4) is 0 Å². The molecule has 1 fully saturated rings. The lowest BCUT2D eigenvalue weighted by atomic mass is 10.1. The largest absolute Gasteiger partial charge is 0.481 e. The van der Waals surface area contributed by atoms with Crippen LogP contribution in [0.3, 0.4) is 0 Å². The summed E-state index contributed by atoms with van der Waals surface area (Å²) in [4.78, 5) is 21.9. The second-order valence-corrected chi connectivity index (χ2v) is 11.5. The molecule has 1 aliphatic heterocycles. The van der Waals surface area contributed by atoms with Gasteiger partial charge in [0.1, 0.15) is 0 Å². The summed E-state index contributed by atoms with van der Waals surface area (Å²) in [7, 11) is 3.92. The molecule has 0 saturated carbocycles. The summed E-state index contributed by atoms with van der Waals surface area (Å²) >= 11 is 17.1. The molecule has 3 rings (SSSR count). The molecular weight excluding hydrogens is 521 g/mol. The smallest absolute Gasteiger partial charge is 0.336 e. The summed E-state index contributed by atoms with van der Waals surface area (Å²) in [6.07, 6.45) is 4.76. The second-order valence-electron chi connectivity index (χ2n) is 6.61. The predicted molar refractivity (Wildman–Crippen MR) is 150 cm³/mol. The topological polar surface area (TPSA) is 74.6 Å². The molecule has 4 nitrogen and oxygen atoms in total. The van der Waals surface area contributed by atoms with Crippen molar-refractivity contribution in [2.24, 2.45) is 0 Å². The van der Waals surface area contributed by atoms with Crippen molar-refractivity contribution in [3.05, 3.63) is 59.7 Å². The van der Waals surface area contributed by atoms with Gasteiger partial charge in [0.25, 0.3) is 0 Å². The maximum Gasteiger partial charge on any atom is 0.336 e. The van der Waals surface area contributed by atoms with Gasteiger partial charge in [-0.15, -0.1) is 37.9 Å². The summed E-state index contributed by atoms with van der Waals surface area (Å²) < 4.78 is 0.589. The van der Waals surface area contributed by atoms with Crippen molar-refractivity contribution in [1.82, 2.24) is 0 Å². The fourth-order valence-electron chi connectivity index (χ4n) is 2.52. The second kappa shape index (κ2) is 16.8. The van der Waals surface area contributed by atoms with Crippen molar-refractivity contribution in [2.75, 3.05) is 5.75 Å². The molecule has 1 saturated heterocycles. The van der Waals surface area contributed by atoms with Crippen LogP contribution in [-0.4, -0.2) is 37.4 Å². The zero-order valence-corrected chi connectivity index (χ0v) is 22.3. The minimum atomic E-state index is -0.939. The van der Waals surface area contributed by atoms with E-state index in [1.807, 2.05) is 45.9 Å². The van der Waals surface area contributed by atoms with E-state index in [1.165, 1.54) is 24.7 Å². The van der Waals surface area contributed by atoms with E-state index in [1.54, 1.807) is 18.2 Å². The average molecular weight is 547 g/mol. The third-order valence-corrected chi connectivity index (χ3v) is 8.41. The molecule has 174 valence electrons. The van der Waals surface area contributed by atoms with Crippen LogP contribution in [-0.2, 0) is 4.79 Å². The van der Waals surface area contributed by atoms with Gasteiger partial charge in [-0.05, 0) is 37.5 Å². The Morgan fingerprint density at radius 2 is 1.53 bits per heavy atom. The van der Waals surface area contributed by atoms with E-state index < -0.39 is 11.9 Å². The Labute approximate surface area is 219 Å². The Morgan fingerprint density at radius 3 is 1.91 bits per heavy atom. The number of aromatic carboxylic acids is 1. The number of hydrogen-bond acceptors (Lipinski definition) is 7. The van der Waals surface area contributed by atoms with Gasteiger partial charge < -0.3 is 10.2 Å². The van der Waals surface area contributed by atoms with Crippen LogP contribution in [0.4, 0.5) is 0 Å². The van der Waals surface area contributed by atoms with E-state index in [9.17, 15) is 9.59 Å². The first kappa shape index (κ1) is 29.3. The highest BCUT2D eigenvalue weighted by molar-refractivity contribution is 8.77. The zero-order chi connectivity index (χ0) is 23.9. The normalized spacial score (nSPS) is 14.4. The van der Waals surface area contributed by atoms with Crippen molar-refractivity contribution in [1.29, 1.82) is 0 Å². The number of carboxylic acid groups (broad SMARTS) is 2. The van der Waals surface area contributed by atoms with Crippen molar-refractivity contribution in [3.63, 3.8) is 0 Å². The molecule has 1 aliphatic rings. The molecule has 2 aromatic carbocycles. The SMILES string of the molecule is O=C(O)CCCCC1CCSS1.O=C(O)c1ccccc1S.S=C(S)c1ccccc1S. The van der Waals surface area contributed by atoms with E-state index in [4.69, 9.17) is 22.4 Å². The molecule has 1 unspecified atom stereocenters. The van der Waals surface area contributed by atoms with Crippen LogP contribution in [0, 0.1) is 0 Å². The highest BCUT2D eigenvalue weighted by Crippen LogP contribution is 2.39. The Kier molecular flexibility index (Phi) is 15.3. The van der Waals surface area contributed by atoms with Crippen LogP contribution in [0.5, 0.6) is 0 Å². The minimum absolute atomic E-state index is 0.242. The summed E-state index contributed by atoms with van der Waals surface area (Å²) in [5.74, 6) is -0.331. The van der Waals surface area contributed by atoms with Gasteiger partial charge in [0.2, 0.25) is 0 Å². The van der Waals surface area contributed by atoms with Gasteiger partial charge in [-0.25, -0.2) is 4.79 Å². The van der Waals surface area contributed by atoms with Gasteiger partial charge >= 0.3 is 11.9 Å². The summed E-state index contributed by atoms with van der Waals surface area (Å²) in [6.45, 7) is 0. The van der Waals surface area contributed by atoms with Crippen LogP contribution < -0.4 is 0 Å². The maximum atomic E-state index is 10.4. The van der Waals surface area contributed by atoms with Gasteiger partial charge in [0.15, 0.2) is 0 Å². The van der Waals surface area contributed by atoms with Gasteiger partial charge in [-0.3, -0.25) is 4.79 Å². The summed E-state index contributed by atoms with van der Waals surface area (Å²) in [5, 5.41) is 17.7. The molecular formula is C22H26O4S6. The van der Waals surface area contributed by atoms with E-state index in [0.29, 0.717) is 15.5 Å². The van der Waals surface area contributed by atoms with Gasteiger partial charge in [0, 0.05) is 32.8 Å². The molecule has 0 spiro atoms. The molecule has 1 heterocycles. The Morgan fingerprint density at radius 1 is 0.969 bits per heavy atom. The fraction of sp³-hybridized carbons (Fsp3) is 0.318. The van der Waals surface area contributed by atoms with Gasteiger partial charge in [-0.1, -0.05) is 70.6 Å². The quantitative estimate of drug-likeness (QED) is 0.110. The van der Waals surface area contributed by atoms with Crippen LogP contribution in [0.1, 0.15) is 48.0 Å². The van der Waals surface area contributed by atoms with Crippen LogP contribution >= 0.6 is 71.7 Å². The number of carboxylic acids is 2. The molecule has 32 heavy (non-hydrogen) atoms. The minimum Gasteiger partial charge on any atom is -0.481 e. The Bertz CT molecular complexity index is 829. The van der Waals surface area contributed by atoms with Crippen LogP contribution in [0.15, 0.2) is 58.3 Å². The lowest BCUT2D eigenvalue weighted by Gasteiger charge is -2.04. The van der Waals surface area contributed by atoms with E-state index >= 15 is 0 Å². The molecule has 0 bridgehead atoms. The molecule has 0 radical (unpaired) electrons. The molecule has 1 atom stereocenters. The lowest BCUT2D eigenvalue weighted by Crippen LogP contribution is -1.99. The standard InChI is InChI=1S/C8H14O2S2.C7H6O2S.C7H6S3/c9-8(10)4-2-1-3-7-5-6-11-12-7;8-7(9)5-3-1-2-4-6(5)10;8-6-4-2-1-3-5(6)7(9)10/h7H,1-6H2,(H,9,10);1-4,10H,(H,8,9);1-4,8H,(H,9,10). The van der Waals surface area contributed by atoms with Crippen molar-refractivity contribution in [2.45, 2.75) is 47.1 Å². The summed E-state index contributed by atoms with van der Waals surface area (Å²) in [5.41, 5.74) is 1.16. The van der Waals surface area contributed by atoms with E-state index in [2.05, 4.69) is 37.9 Å². The molecule has 2 aromatic rings. The van der Waals surface area contributed by atoms with E-state index in [0.717, 1.165) is 28.6 Å². The van der Waals surface area contributed by atoms with E-state index in [-0.39, 0.29) is 5.56 Å². The molecule has 0 amide bonds. The first-order valence-electron chi connectivity index (χ1n) is 9.75. The first-order chi connectivity index (χ1) is 15.2. The number of carbonyl (C=O) groups is 2. The van der Waals surface area contributed by atoms with Gasteiger partial charge in [-0.2, -0.15) is 0 Å². The monoisotopic (exact) mass is 546 g/mol. The predicted octanol–water partition coefficient (Wildman–Crippen LogP) is 7.04. The molecule has 0 aromatic heterocycles. The number of unbranched alkanes of at least 4 members (excludes halogenated alkanes) is 1. The number of hydrogen-bond donors (Lipinski definition) is 5. The number of thiocarbonyl (C=S) groups is 1. The highest BCUT2D eigenvalue weighted by atomic mass is 33.1. The lowest BCUT2D eigenvalue weighted by molar-refractivity contribution is -0.137. The number of benzene rings is 2. The Balaban J connectivity index is 0.000000241. The number of thiol groups is 3. The van der Waals surface area contributed by atoms with Crippen molar-refractivity contribution >= 4 is 87.8 Å². The third-order valence-electron chi connectivity index (χ3n) is 4.16. The molecule has 2 N–H and O–H groups in total. The first-order valence-corrected chi connectivity index (χ1v) is 13.9. The zero-order valence-electron chi connectivity index (χ0n) is 17.2. The molecule has 0 aliphatic carbocycles. The maximum absolute atomic E-state index is 10.4. The van der Waals surface area contributed by atoms with Crippen LogP contribution in [0.25, 0.3) is 0 Å². The van der Waals surface area contributed by atoms with Gasteiger partial charge in [0.05, 0.1) is 9.76 Å². The number of rotatable bonds is 7. The fourth-order valence-corrected chi connectivity index (χ4v) is 6.61. The average Bonchev–Trinajstić information content (AvgIpc) is 3.26. The molecule has 10 heteroatoms. The van der Waals surface area contributed by atoms with Crippen LogP contribution in [0.2, 0.25) is 0 Å².